The third-order valence-corrected chi connectivity index (χ3v) is 5.57. The van der Waals surface area contributed by atoms with Gasteiger partial charge in [-0.05, 0) is 19.3 Å². The van der Waals surface area contributed by atoms with E-state index in [0.29, 0.717) is 19.3 Å². The summed E-state index contributed by atoms with van der Waals surface area (Å²) in [6.45, 7) is 0. The van der Waals surface area contributed by atoms with Crippen molar-refractivity contribution in [2.75, 3.05) is 0 Å². The zero-order valence-electron chi connectivity index (χ0n) is 13.5. The predicted molar refractivity (Wildman–Crippen MR) is 84.3 cm³/mol. The molecule has 2 aliphatic carbocycles. The SMILES string of the molecule is O=C1[C@@H]2CCCCCCCCCCC[C@]1([N+](=O)[O-])CC[C@H]2O. The average Bonchev–Trinajstić information content (AvgIpc) is 2.48. The fraction of sp³-hybridized carbons (Fsp3) is 0.941. The predicted octanol–water partition coefficient (Wildman–Crippen LogP) is 3.65. The van der Waals surface area contributed by atoms with Crippen molar-refractivity contribution in [1.82, 2.24) is 0 Å². The Labute approximate surface area is 132 Å². The van der Waals surface area contributed by atoms with Gasteiger partial charge in [0.15, 0.2) is 0 Å². The minimum atomic E-state index is -1.42. The van der Waals surface area contributed by atoms with Crippen LogP contribution < -0.4 is 0 Å². The molecular formula is C17H29NO4. The zero-order chi connectivity index (χ0) is 16.0. The van der Waals surface area contributed by atoms with E-state index in [-0.39, 0.29) is 17.1 Å². The van der Waals surface area contributed by atoms with Gasteiger partial charge in [-0.3, -0.25) is 14.9 Å². The number of hydrogen-bond donors (Lipinski definition) is 1. The summed E-state index contributed by atoms with van der Waals surface area (Å²) in [6.07, 6.45) is 10.5. The summed E-state index contributed by atoms with van der Waals surface area (Å²) in [4.78, 5) is 24.1. The molecule has 0 amide bonds. The minimum Gasteiger partial charge on any atom is -0.392 e. The molecule has 0 heterocycles. The maximum absolute atomic E-state index is 12.8. The first-order valence-corrected chi connectivity index (χ1v) is 8.95. The van der Waals surface area contributed by atoms with Crippen LogP contribution in [0.1, 0.15) is 83.5 Å². The number of ketones is 1. The molecule has 22 heavy (non-hydrogen) atoms. The summed E-state index contributed by atoms with van der Waals surface area (Å²) in [5.41, 5.74) is -1.42. The maximum Gasteiger partial charge on any atom is 0.279 e. The molecule has 1 N–H and O–H groups in total. The summed E-state index contributed by atoms with van der Waals surface area (Å²) in [7, 11) is 0. The summed E-state index contributed by atoms with van der Waals surface area (Å²) in [5.74, 6) is -0.824. The molecule has 0 radical (unpaired) electrons. The zero-order valence-corrected chi connectivity index (χ0v) is 13.5. The van der Waals surface area contributed by atoms with Crippen LogP contribution in [0.3, 0.4) is 0 Å². The highest BCUT2D eigenvalue weighted by atomic mass is 16.6. The van der Waals surface area contributed by atoms with Crippen LogP contribution in [0.4, 0.5) is 0 Å². The van der Waals surface area contributed by atoms with Crippen molar-refractivity contribution >= 4 is 5.78 Å². The van der Waals surface area contributed by atoms with Gasteiger partial charge in [-0.15, -0.1) is 0 Å². The van der Waals surface area contributed by atoms with Gasteiger partial charge in [-0.1, -0.05) is 51.4 Å². The second kappa shape index (κ2) is 8.04. The maximum atomic E-state index is 12.8. The van der Waals surface area contributed by atoms with Gasteiger partial charge in [0.25, 0.3) is 5.54 Å². The fourth-order valence-corrected chi connectivity index (χ4v) is 4.09. The molecule has 2 fully saturated rings. The molecule has 0 aliphatic heterocycles. The van der Waals surface area contributed by atoms with Crippen molar-refractivity contribution in [3.05, 3.63) is 10.1 Å². The van der Waals surface area contributed by atoms with Crippen LogP contribution in [0.15, 0.2) is 0 Å². The second-order valence-electron chi connectivity index (χ2n) is 7.09. The highest BCUT2D eigenvalue weighted by molar-refractivity contribution is 5.90. The molecule has 5 nitrogen and oxygen atoms in total. The lowest BCUT2D eigenvalue weighted by molar-refractivity contribution is -0.557. The van der Waals surface area contributed by atoms with Gasteiger partial charge >= 0.3 is 0 Å². The Morgan fingerprint density at radius 1 is 0.909 bits per heavy atom. The molecule has 2 bridgehead atoms. The molecule has 5 heteroatoms. The van der Waals surface area contributed by atoms with E-state index in [1.165, 1.54) is 19.3 Å². The minimum absolute atomic E-state index is 0.205. The third kappa shape index (κ3) is 3.86. The van der Waals surface area contributed by atoms with Crippen LogP contribution in [0.25, 0.3) is 0 Å². The Balaban J connectivity index is 2.13. The van der Waals surface area contributed by atoms with Crippen molar-refractivity contribution < 1.29 is 14.8 Å². The van der Waals surface area contributed by atoms with Crippen molar-refractivity contribution in [2.45, 2.75) is 95.1 Å². The molecular weight excluding hydrogens is 282 g/mol. The molecule has 2 saturated carbocycles. The van der Waals surface area contributed by atoms with Gasteiger partial charge < -0.3 is 5.11 Å². The lowest BCUT2D eigenvalue weighted by Crippen LogP contribution is -2.55. The Kier molecular flexibility index (Phi) is 6.36. The van der Waals surface area contributed by atoms with E-state index in [9.17, 15) is 20.0 Å². The van der Waals surface area contributed by atoms with E-state index in [1.807, 2.05) is 0 Å². The number of hydrogen-bond acceptors (Lipinski definition) is 4. The molecule has 2 rings (SSSR count). The number of fused-ring (bicyclic) bond motifs is 2. The fourth-order valence-electron chi connectivity index (χ4n) is 4.09. The van der Waals surface area contributed by atoms with E-state index < -0.39 is 17.6 Å². The lowest BCUT2D eigenvalue weighted by atomic mass is 9.69. The Morgan fingerprint density at radius 2 is 1.45 bits per heavy atom. The van der Waals surface area contributed by atoms with Crippen LogP contribution in [-0.4, -0.2) is 27.5 Å². The summed E-state index contributed by atoms with van der Waals surface area (Å²) < 4.78 is 0. The normalized spacial score (nSPS) is 35.6. The molecule has 3 atom stereocenters. The molecule has 0 spiro atoms. The number of nitrogens with zero attached hydrogens (tertiary/aromatic N) is 1. The first kappa shape index (κ1) is 17.4. The Bertz CT molecular complexity index is 398. The third-order valence-electron chi connectivity index (χ3n) is 5.57. The Morgan fingerprint density at radius 3 is 2.05 bits per heavy atom. The van der Waals surface area contributed by atoms with Crippen molar-refractivity contribution in [3.63, 3.8) is 0 Å². The first-order chi connectivity index (χ1) is 10.6. The van der Waals surface area contributed by atoms with Crippen LogP contribution in [-0.2, 0) is 4.79 Å². The van der Waals surface area contributed by atoms with Gasteiger partial charge in [0.1, 0.15) is 0 Å². The Hall–Kier alpha value is -0.970. The van der Waals surface area contributed by atoms with E-state index in [2.05, 4.69) is 0 Å². The van der Waals surface area contributed by atoms with E-state index in [4.69, 9.17) is 0 Å². The number of aliphatic hydroxyl groups excluding tert-OH is 1. The van der Waals surface area contributed by atoms with Gasteiger partial charge in [0.05, 0.1) is 12.0 Å². The number of nitro groups is 1. The topological polar surface area (TPSA) is 80.4 Å². The highest BCUT2D eigenvalue weighted by Crippen LogP contribution is 2.38. The van der Waals surface area contributed by atoms with Crippen molar-refractivity contribution in [2.24, 2.45) is 5.92 Å². The van der Waals surface area contributed by atoms with Crippen molar-refractivity contribution in [3.8, 4) is 0 Å². The number of carbonyl (C=O) groups is 1. The van der Waals surface area contributed by atoms with Crippen LogP contribution >= 0.6 is 0 Å². The summed E-state index contributed by atoms with van der Waals surface area (Å²) in [6, 6.07) is 0. The van der Waals surface area contributed by atoms with E-state index in [0.717, 1.165) is 38.5 Å². The van der Waals surface area contributed by atoms with Crippen LogP contribution in [0.5, 0.6) is 0 Å². The molecule has 0 aromatic heterocycles. The highest BCUT2D eigenvalue weighted by Gasteiger charge is 2.56. The van der Waals surface area contributed by atoms with Crippen LogP contribution in [0.2, 0.25) is 0 Å². The smallest absolute Gasteiger partial charge is 0.279 e. The summed E-state index contributed by atoms with van der Waals surface area (Å²) in [5, 5.41) is 21.8. The number of Topliss-reactive ketones (excluding diaryl/α,β-unsaturated/α-hetero) is 1. The standard InChI is InChI=1S/C17H29NO4/c19-15-11-13-17(18(21)22)12-9-7-5-3-1-2-4-6-8-10-14(15)16(17)20/h14-15,19H,1-13H2/t14-,15-,17+/m1/s1. The van der Waals surface area contributed by atoms with Gasteiger partial charge in [0.2, 0.25) is 5.78 Å². The number of carbonyl (C=O) groups excluding carboxylic acids is 1. The van der Waals surface area contributed by atoms with Gasteiger partial charge in [-0.2, -0.15) is 0 Å². The second-order valence-corrected chi connectivity index (χ2v) is 7.09. The number of aliphatic hydroxyl groups is 1. The molecule has 2 aliphatic rings. The quantitative estimate of drug-likeness (QED) is 0.592. The molecule has 0 saturated heterocycles. The molecule has 0 aromatic rings. The lowest BCUT2D eigenvalue weighted by Gasteiger charge is -2.35. The average molecular weight is 311 g/mol. The summed E-state index contributed by atoms with van der Waals surface area (Å²) >= 11 is 0. The van der Waals surface area contributed by atoms with E-state index >= 15 is 0 Å². The van der Waals surface area contributed by atoms with Crippen molar-refractivity contribution in [1.29, 1.82) is 0 Å². The monoisotopic (exact) mass is 311 g/mol. The van der Waals surface area contributed by atoms with E-state index in [1.54, 1.807) is 0 Å². The van der Waals surface area contributed by atoms with Gasteiger partial charge in [-0.25, -0.2) is 0 Å². The molecule has 0 unspecified atom stereocenters. The molecule has 126 valence electrons. The first-order valence-electron chi connectivity index (χ1n) is 8.95. The largest absolute Gasteiger partial charge is 0.392 e. The van der Waals surface area contributed by atoms with Crippen LogP contribution in [0, 0.1) is 16.0 Å². The van der Waals surface area contributed by atoms with Gasteiger partial charge in [0, 0.05) is 17.8 Å². The molecule has 0 aromatic carbocycles. The number of rotatable bonds is 1.